The van der Waals surface area contributed by atoms with Gasteiger partial charge in [0.15, 0.2) is 5.82 Å². The van der Waals surface area contributed by atoms with Gasteiger partial charge in [-0.1, -0.05) is 12.1 Å². The van der Waals surface area contributed by atoms with Crippen LogP contribution in [0.15, 0.2) is 41.8 Å². The van der Waals surface area contributed by atoms with Crippen LogP contribution >= 0.6 is 11.3 Å². The Balaban J connectivity index is 1.52. The first kappa shape index (κ1) is 19.1. The van der Waals surface area contributed by atoms with Gasteiger partial charge in [0, 0.05) is 17.8 Å². The average molecular weight is 394 g/mol. The van der Waals surface area contributed by atoms with Gasteiger partial charge < -0.3 is 16.4 Å². The average Bonchev–Trinajstić information content (AvgIpc) is 3.35. The lowest BCUT2D eigenvalue weighted by Crippen LogP contribution is -2.25. The van der Waals surface area contributed by atoms with Gasteiger partial charge >= 0.3 is 0 Å². The first-order chi connectivity index (χ1) is 13.6. The summed E-state index contributed by atoms with van der Waals surface area (Å²) < 4.78 is 0. The molecule has 2 aromatic heterocycles. The van der Waals surface area contributed by atoms with Crippen LogP contribution in [-0.2, 0) is 6.42 Å². The van der Waals surface area contributed by atoms with E-state index in [1.54, 1.807) is 36.4 Å². The second-order valence-electron chi connectivity index (χ2n) is 5.95. The summed E-state index contributed by atoms with van der Waals surface area (Å²) in [6, 6.07) is 12.3. The molecule has 5 N–H and O–H groups in total. The van der Waals surface area contributed by atoms with Gasteiger partial charge in [-0.3, -0.25) is 14.7 Å². The zero-order chi connectivity index (χ0) is 19.9. The number of carbonyl (C=O) groups is 2. The van der Waals surface area contributed by atoms with E-state index in [0.29, 0.717) is 46.8 Å². The van der Waals surface area contributed by atoms with Crippen molar-refractivity contribution in [3.63, 3.8) is 0 Å². The summed E-state index contributed by atoms with van der Waals surface area (Å²) in [7, 11) is 0. The Kier molecular flexibility index (Phi) is 6.04. The molecule has 0 saturated carbocycles. The van der Waals surface area contributed by atoms with Crippen molar-refractivity contribution < 1.29 is 9.59 Å². The number of anilines is 2. The molecular formula is C19H18N6O2S. The number of rotatable bonds is 7. The van der Waals surface area contributed by atoms with Crippen molar-refractivity contribution >= 4 is 34.7 Å². The normalized spacial score (nSPS) is 10.2. The number of nitrogens with one attached hydrogen (secondary N) is 3. The number of hydrogen-bond donors (Lipinski definition) is 4. The number of benzene rings is 1. The van der Waals surface area contributed by atoms with E-state index < -0.39 is 0 Å². The van der Waals surface area contributed by atoms with Crippen LogP contribution in [0.4, 0.5) is 11.5 Å². The molecule has 0 aliphatic carbocycles. The van der Waals surface area contributed by atoms with Gasteiger partial charge in [-0.15, -0.1) is 11.3 Å². The van der Waals surface area contributed by atoms with Gasteiger partial charge in [0.1, 0.15) is 11.6 Å². The molecule has 0 aliphatic rings. The highest BCUT2D eigenvalue weighted by Crippen LogP contribution is 2.15. The number of hydrogen-bond acceptors (Lipinski definition) is 6. The molecule has 0 unspecified atom stereocenters. The Labute approximate surface area is 165 Å². The maximum atomic E-state index is 12.3. The topological polar surface area (TPSA) is 137 Å². The standard InChI is InChI=1S/C19H18N6O2S/c20-11-14-15(24-25-17(14)21)6-2-8-22-18(26)12-4-1-5-13(10-12)23-19(27)16-7-3-9-28-16/h1,3-5,7,9-10H,2,6,8H2,(H,22,26)(H,23,27)(H3,21,24,25). The number of nitrogen functional groups attached to an aromatic ring is 1. The summed E-state index contributed by atoms with van der Waals surface area (Å²) in [4.78, 5) is 25.1. The second kappa shape index (κ2) is 8.83. The van der Waals surface area contributed by atoms with Crippen LogP contribution in [0.1, 0.15) is 37.7 Å². The summed E-state index contributed by atoms with van der Waals surface area (Å²) in [6.07, 6.45) is 1.17. The fourth-order valence-corrected chi connectivity index (χ4v) is 3.23. The molecule has 2 heterocycles. The minimum absolute atomic E-state index is 0.183. The van der Waals surface area contributed by atoms with E-state index in [-0.39, 0.29) is 17.6 Å². The number of nitriles is 1. The quantitative estimate of drug-likeness (QED) is 0.456. The minimum atomic E-state index is -0.239. The lowest BCUT2D eigenvalue weighted by molar-refractivity contribution is 0.0952. The number of aromatic nitrogens is 2. The van der Waals surface area contributed by atoms with Gasteiger partial charge in [0.05, 0.1) is 10.6 Å². The number of nitrogens with two attached hydrogens (primary N) is 1. The molecule has 0 aliphatic heterocycles. The number of nitrogens with zero attached hydrogens (tertiary/aromatic N) is 2. The van der Waals surface area contributed by atoms with E-state index in [0.717, 1.165) is 0 Å². The Morgan fingerprint density at radius 3 is 2.86 bits per heavy atom. The van der Waals surface area contributed by atoms with Gasteiger partial charge in [-0.25, -0.2) is 0 Å². The largest absolute Gasteiger partial charge is 0.381 e. The van der Waals surface area contributed by atoms with Crippen molar-refractivity contribution in [2.24, 2.45) is 0 Å². The fourth-order valence-electron chi connectivity index (χ4n) is 2.61. The molecule has 28 heavy (non-hydrogen) atoms. The van der Waals surface area contributed by atoms with Crippen LogP contribution in [0.25, 0.3) is 0 Å². The third-order valence-electron chi connectivity index (χ3n) is 4.00. The molecule has 9 heteroatoms. The SMILES string of the molecule is N#Cc1c(N)n[nH]c1CCCNC(=O)c1cccc(NC(=O)c2cccs2)c1. The molecule has 2 amide bonds. The van der Waals surface area contributed by atoms with E-state index in [9.17, 15) is 9.59 Å². The summed E-state index contributed by atoms with van der Waals surface area (Å²) >= 11 is 1.35. The molecular weight excluding hydrogens is 376 g/mol. The zero-order valence-electron chi connectivity index (χ0n) is 14.9. The summed E-state index contributed by atoms with van der Waals surface area (Å²) in [5, 5.41) is 23.0. The maximum Gasteiger partial charge on any atom is 0.265 e. The molecule has 0 radical (unpaired) electrons. The summed E-state index contributed by atoms with van der Waals surface area (Å²) in [6.45, 7) is 0.425. The molecule has 0 atom stereocenters. The highest BCUT2D eigenvalue weighted by atomic mass is 32.1. The summed E-state index contributed by atoms with van der Waals surface area (Å²) in [5.74, 6) is -0.264. The van der Waals surface area contributed by atoms with Crippen molar-refractivity contribution in [3.05, 3.63) is 63.5 Å². The molecule has 3 aromatic rings. The number of H-pyrrole nitrogens is 1. The van der Waals surface area contributed by atoms with Gasteiger partial charge in [0.25, 0.3) is 11.8 Å². The Morgan fingerprint density at radius 2 is 2.11 bits per heavy atom. The molecule has 0 spiro atoms. The van der Waals surface area contributed by atoms with E-state index in [1.807, 2.05) is 11.4 Å². The lowest BCUT2D eigenvalue weighted by atomic mass is 10.1. The van der Waals surface area contributed by atoms with Crippen molar-refractivity contribution in [2.75, 3.05) is 17.6 Å². The molecule has 142 valence electrons. The summed E-state index contributed by atoms with van der Waals surface area (Å²) in [5.41, 5.74) is 7.61. The van der Waals surface area contributed by atoms with Crippen LogP contribution in [0.2, 0.25) is 0 Å². The predicted molar refractivity (Wildman–Crippen MR) is 107 cm³/mol. The van der Waals surface area contributed by atoms with Gasteiger partial charge in [-0.2, -0.15) is 10.4 Å². The second-order valence-corrected chi connectivity index (χ2v) is 6.89. The lowest BCUT2D eigenvalue weighted by Gasteiger charge is -2.08. The van der Waals surface area contributed by atoms with Crippen LogP contribution in [0.3, 0.4) is 0 Å². The Morgan fingerprint density at radius 1 is 1.25 bits per heavy atom. The third-order valence-corrected chi connectivity index (χ3v) is 4.87. The number of thiophene rings is 1. The van der Waals surface area contributed by atoms with Crippen molar-refractivity contribution in [3.8, 4) is 6.07 Å². The predicted octanol–water partition coefficient (Wildman–Crippen LogP) is 2.54. The molecule has 0 saturated heterocycles. The van der Waals surface area contributed by atoms with E-state index in [1.165, 1.54) is 11.3 Å². The first-order valence-corrected chi connectivity index (χ1v) is 9.42. The highest BCUT2D eigenvalue weighted by Gasteiger charge is 2.11. The number of aromatic amines is 1. The van der Waals surface area contributed by atoms with E-state index >= 15 is 0 Å². The molecule has 0 bridgehead atoms. The third kappa shape index (κ3) is 4.55. The van der Waals surface area contributed by atoms with Gasteiger partial charge in [-0.05, 0) is 42.5 Å². The molecule has 1 aromatic carbocycles. The highest BCUT2D eigenvalue weighted by molar-refractivity contribution is 7.12. The smallest absolute Gasteiger partial charge is 0.265 e. The number of amides is 2. The van der Waals surface area contributed by atoms with E-state index in [2.05, 4.69) is 20.8 Å². The fraction of sp³-hybridized carbons (Fsp3) is 0.158. The first-order valence-electron chi connectivity index (χ1n) is 8.54. The molecule has 8 nitrogen and oxygen atoms in total. The van der Waals surface area contributed by atoms with Crippen molar-refractivity contribution in [1.82, 2.24) is 15.5 Å². The Hall–Kier alpha value is -3.64. The van der Waals surface area contributed by atoms with Crippen LogP contribution in [0, 0.1) is 11.3 Å². The van der Waals surface area contributed by atoms with Crippen LogP contribution < -0.4 is 16.4 Å². The number of aryl methyl sites for hydroxylation is 1. The number of carbonyl (C=O) groups excluding carboxylic acids is 2. The monoisotopic (exact) mass is 394 g/mol. The molecule has 0 fully saturated rings. The van der Waals surface area contributed by atoms with Crippen molar-refractivity contribution in [1.29, 1.82) is 5.26 Å². The van der Waals surface area contributed by atoms with Crippen LogP contribution in [0.5, 0.6) is 0 Å². The molecule has 3 rings (SSSR count). The Bertz CT molecular complexity index is 1020. The van der Waals surface area contributed by atoms with Crippen LogP contribution in [-0.4, -0.2) is 28.6 Å². The maximum absolute atomic E-state index is 12.3. The van der Waals surface area contributed by atoms with E-state index in [4.69, 9.17) is 11.0 Å². The van der Waals surface area contributed by atoms with Gasteiger partial charge in [0.2, 0.25) is 0 Å². The van der Waals surface area contributed by atoms with Crippen molar-refractivity contribution in [2.45, 2.75) is 12.8 Å². The minimum Gasteiger partial charge on any atom is -0.381 e. The zero-order valence-corrected chi connectivity index (χ0v) is 15.7.